The van der Waals surface area contributed by atoms with E-state index in [1.54, 1.807) is 23.4 Å². The summed E-state index contributed by atoms with van der Waals surface area (Å²) in [6, 6.07) is 8.78. The van der Waals surface area contributed by atoms with Gasteiger partial charge in [-0.1, -0.05) is 12.2 Å². The lowest BCUT2D eigenvalue weighted by Gasteiger charge is -2.26. The SMILES string of the molecule is CC(=C(C#N)C(=S)N=CN(C)C)N1CCCN(c2ccc(F)cc2)CC1. The van der Waals surface area contributed by atoms with Crippen molar-refractivity contribution in [2.45, 2.75) is 13.3 Å². The van der Waals surface area contributed by atoms with E-state index in [-0.39, 0.29) is 5.82 Å². The summed E-state index contributed by atoms with van der Waals surface area (Å²) in [6.45, 7) is 5.22. The largest absolute Gasteiger partial charge is 0.372 e. The van der Waals surface area contributed by atoms with Crippen LogP contribution in [0.2, 0.25) is 0 Å². The molecule has 1 saturated heterocycles. The normalized spacial score (nSPS) is 16.1. The van der Waals surface area contributed by atoms with Crippen LogP contribution in [0.15, 0.2) is 40.5 Å². The average molecular weight is 374 g/mol. The van der Waals surface area contributed by atoms with Gasteiger partial charge in [0.1, 0.15) is 22.4 Å². The first-order valence-corrected chi connectivity index (χ1v) is 8.94. The molecule has 7 heteroatoms. The summed E-state index contributed by atoms with van der Waals surface area (Å²) in [7, 11) is 3.71. The molecule has 5 nitrogen and oxygen atoms in total. The molecule has 138 valence electrons. The Morgan fingerprint density at radius 3 is 2.54 bits per heavy atom. The number of hydrogen-bond donors (Lipinski definition) is 0. The van der Waals surface area contributed by atoms with Crippen LogP contribution in [0.5, 0.6) is 0 Å². The number of hydrogen-bond acceptors (Lipinski definition) is 4. The van der Waals surface area contributed by atoms with Gasteiger partial charge in [-0.3, -0.25) is 0 Å². The lowest BCUT2D eigenvalue weighted by molar-refractivity contribution is 0.369. The molecule has 1 heterocycles. The quantitative estimate of drug-likeness (QED) is 0.267. The summed E-state index contributed by atoms with van der Waals surface area (Å²) < 4.78 is 13.1. The van der Waals surface area contributed by atoms with Gasteiger partial charge < -0.3 is 14.7 Å². The van der Waals surface area contributed by atoms with E-state index < -0.39 is 0 Å². The molecule has 0 atom stereocenters. The second kappa shape index (κ2) is 9.30. The van der Waals surface area contributed by atoms with Gasteiger partial charge in [0.25, 0.3) is 0 Å². The van der Waals surface area contributed by atoms with Gasteiger partial charge in [-0.05, 0) is 37.6 Å². The van der Waals surface area contributed by atoms with Crippen LogP contribution in [0, 0.1) is 17.1 Å². The van der Waals surface area contributed by atoms with Crippen molar-refractivity contribution < 1.29 is 4.39 Å². The molecule has 0 aromatic heterocycles. The smallest absolute Gasteiger partial charge is 0.147 e. The van der Waals surface area contributed by atoms with Gasteiger partial charge in [-0.25, -0.2) is 9.38 Å². The zero-order chi connectivity index (χ0) is 19.1. The third-order valence-electron chi connectivity index (χ3n) is 4.26. The molecule has 0 N–H and O–H groups in total. The highest BCUT2D eigenvalue weighted by Crippen LogP contribution is 2.20. The fourth-order valence-corrected chi connectivity index (χ4v) is 3.08. The molecule has 0 radical (unpaired) electrons. The maximum absolute atomic E-state index is 13.1. The Labute approximate surface area is 160 Å². The Morgan fingerprint density at radius 2 is 1.92 bits per heavy atom. The Hall–Kier alpha value is -2.46. The molecule has 1 aliphatic rings. The van der Waals surface area contributed by atoms with E-state index in [4.69, 9.17) is 12.2 Å². The fraction of sp³-hybridized carbons (Fsp3) is 0.421. The van der Waals surface area contributed by atoms with Crippen LogP contribution < -0.4 is 4.90 Å². The molecule has 0 unspecified atom stereocenters. The van der Waals surface area contributed by atoms with Crippen LogP contribution in [0.3, 0.4) is 0 Å². The zero-order valence-electron chi connectivity index (χ0n) is 15.4. The van der Waals surface area contributed by atoms with Crippen LogP contribution in [-0.2, 0) is 0 Å². The van der Waals surface area contributed by atoms with E-state index >= 15 is 0 Å². The van der Waals surface area contributed by atoms with E-state index in [2.05, 4.69) is 20.9 Å². The number of anilines is 1. The minimum atomic E-state index is -0.227. The molecule has 0 spiro atoms. The van der Waals surface area contributed by atoms with Gasteiger partial charge in [0.15, 0.2) is 0 Å². The second-order valence-corrected chi connectivity index (χ2v) is 6.78. The first-order chi connectivity index (χ1) is 12.4. The maximum atomic E-state index is 13.1. The lowest BCUT2D eigenvalue weighted by atomic mass is 10.2. The van der Waals surface area contributed by atoms with Crippen molar-refractivity contribution in [3.8, 4) is 6.07 Å². The Kier molecular flexibility index (Phi) is 7.10. The topological polar surface area (TPSA) is 45.9 Å². The molecule has 0 amide bonds. The van der Waals surface area contributed by atoms with Crippen molar-refractivity contribution in [1.82, 2.24) is 9.80 Å². The van der Waals surface area contributed by atoms with Gasteiger partial charge in [0.05, 0.1) is 6.34 Å². The molecule has 1 aliphatic heterocycles. The number of nitrogens with zero attached hydrogens (tertiary/aromatic N) is 5. The number of benzene rings is 1. The minimum absolute atomic E-state index is 0.227. The van der Waals surface area contributed by atoms with Crippen LogP contribution >= 0.6 is 12.2 Å². The van der Waals surface area contributed by atoms with Crippen LogP contribution in [0.4, 0.5) is 10.1 Å². The molecule has 26 heavy (non-hydrogen) atoms. The van der Waals surface area contributed by atoms with Crippen LogP contribution in [-0.4, -0.2) is 61.4 Å². The summed E-state index contributed by atoms with van der Waals surface area (Å²) in [4.78, 5) is 10.7. The van der Waals surface area contributed by atoms with E-state index in [1.165, 1.54) is 12.1 Å². The standard InChI is InChI=1S/C19H24FN5S/c1-15(18(13-21)19(26)22-14-23(2)3)24-9-4-10-25(12-11-24)17-7-5-16(20)6-8-17/h5-8,14H,4,9-12H2,1-3H3. The Morgan fingerprint density at radius 1 is 1.23 bits per heavy atom. The third kappa shape index (κ3) is 5.27. The van der Waals surface area contributed by atoms with E-state index in [0.717, 1.165) is 44.0 Å². The number of aliphatic imine (C=N–C) groups is 1. The van der Waals surface area contributed by atoms with Gasteiger partial charge in [-0.15, -0.1) is 0 Å². The van der Waals surface area contributed by atoms with E-state index in [1.807, 2.05) is 21.0 Å². The zero-order valence-corrected chi connectivity index (χ0v) is 16.3. The highest BCUT2D eigenvalue weighted by atomic mass is 32.1. The average Bonchev–Trinajstić information content (AvgIpc) is 2.87. The van der Waals surface area contributed by atoms with Crippen molar-refractivity contribution in [1.29, 1.82) is 5.26 Å². The highest BCUT2D eigenvalue weighted by molar-refractivity contribution is 7.80. The van der Waals surface area contributed by atoms with Crippen molar-refractivity contribution in [2.75, 3.05) is 45.2 Å². The third-order valence-corrected chi connectivity index (χ3v) is 4.56. The lowest BCUT2D eigenvalue weighted by Crippen LogP contribution is -2.30. The van der Waals surface area contributed by atoms with Gasteiger partial charge in [-0.2, -0.15) is 5.26 Å². The molecule has 0 saturated carbocycles. The molecular formula is C19H24FN5S. The monoisotopic (exact) mass is 373 g/mol. The molecule has 2 rings (SSSR count). The van der Waals surface area contributed by atoms with Crippen LogP contribution in [0.1, 0.15) is 13.3 Å². The molecular weight excluding hydrogens is 349 g/mol. The molecule has 0 bridgehead atoms. The van der Waals surface area contributed by atoms with E-state index in [9.17, 15) is 9.65 Å². The number of halogens is 1. The second-order valence-electron chi connectivity index (χ2n) is 6.39. The summed E-state index contributed by atoms with van der Waals surface area (Å²) >= 11 is 5.31. The summed E-state index contributed by atoms with van der Waals surface area (Å²) in [5, 5.41) is 9.53. The summed E-state index contributed by atoms with van der Waals surface area (Å²) in [5.74, 6) is -0.227. The van der Waals surface area contributed by atoms with Crippen molar-refractivity contribution in [2.24, 2.45) is 4.99 Å². The number of rotatable bonds is 4. The van der Waals surface area contributed by atoms with Gasteiger partial charge in [0, 0.05) is 51.7 Å². The number of nitriles is 1. The summed E-state index contributed by atoms with van der Waals surface area (Å²) in [5.41, 5.74) is 2.31. The molecule has 1 aromatic rings. The number of allylic oxidation sites excluding steroid dienone is 1. The van der Waals surface area contributed by atoms with Crippen molar-refractivity contribution in [3.05, 3.63) is 41.4 Å². The Balaban J connectivity index is 2.12. The predicted octanol–water partition coefficient (Wildman–Crippen LogP) is 3.05. The van der Waals surface area contributed by atoms with Crippen molar-refractivity contribution in [3.63, 3.8) is 0 Å². The van der Waals surface area contributed by atoms with Gasteiger partial charge >= 0.3 is 0 Å². The van der Waals surface area contributed by atoms with Gasteiger partial charge in [0.2, 0.25) is 0 Å². The minimum Gasteiger partial charge on any atom is -0.372 e. The highest BCUT2D eigenvalue weighted by Gasteiger charge is 2.19. The van der Waals surface area contributed by atoms with Crippen molar-refractivity contribution >= 4 is 29.2 Å². The number of thiocarbonyl (C=S) groups is 1. The maximum Gasteiger partial charge on any atom is 0.147 e. The molecule has 1 aromatic carbocycles. The first kappa shape index (κ1) is 19.9. The first-order valence-electron chi connectivity index (χ1n) is 8.53. The molecule has 0 aliphatic carbocycles. The van der Waals surface area contributed by atoms with Crippen LogP contribution in [0.25, 0.3) is 0 Å². The fourth-order valence-electron chi connectivity index (χ4n) is 2.84. The predicted molar refractivity (Wildman–Crippen MR) is 108 cm³/mol. The Bertz CT molecular complexity index is 733. The van der Waals surface area contributed by atoms with E-state index in [0.29, 0.717) is 10.6 Å². The molecule has 1 fully saturated rings. The summed E-state index contributed by atoms with van der Waals surface area (Å²) in [6.07, 6.45) is 2.55.